The SMILES string of the molecule is CC12CCC(C(C=O)=C1NNC(N)=O)C2(C)C. The minimum Gasteiger partial charge on any atom is -0.350 e. The van der Waals surface area contributed by atoms with Crippen LogP contribution in [0.1, 0.15) is 33.6 Å². The van der Waals surface area contributed by atoms with Crippen molar-refractivity contribution in [2.45, 2.75) is 33.6 Å². The number of nitrogens with one attached hydrogen (secondary N) is 2. The summed E-state index contributed by atoms with van der Waals surface area (Å²) in [6.07, 6.45) is 2.95. The maximum Gasteiger partial charge on any atom is 0.330 e. The van der Waals surface area contributed by atoms with Gasteiger partial charge in [0.2, 0.25) is 0 Å². The summed E-state index contributed by atoms with van der Waals surface area (Å²) in [6, 6.07) is -0.646. The number of primary amides is 1. The van der Waals surface area contributed by atoms with Crippen molar-refractivity contribution in [1.82, 2.24) is 10.9 Å². The first-order valence-corrected chi connectivity index (χ1v) is 5.86. The van der Waals surface area contributed by atoms with Crippen molar-refractivity contribution in [1.29, 1.82) is 0 Å². The van der Waals surface area contributed by atoms with Gasteiger partial charge in [0, 0.05) is 16.7 Å². The van der Waals surface area contributed by atoms with Gasteiger partial charge in [-0.25, -0.2) is 4.79 Å². The van der Waals surface area contributed by atoms with E-state index in [-0.39, 0.29) is 16.7 Å². The van der Waals surface area contributed by atoms with E-state index in [4.69, 9.17) is 5.73 Å². The molecule has 17 heavy (non-hydrogen) atoms. The van der Waals surface area contributed by atoms with Gasteiger partial charge in [0.05, 0.1) is 0 Å². The van der Waals surface area contributed by atoms with Crippen molar-refractivity contribution in [2.75, 3.05) is 0 Å². The van der Waals surface area contributed by atoms with Gasteiger partial charge in [0.25, 0.3) is 0 Å². The van der Waals surface area contributed by atoms with Gasteiger partial charge < -0.3 is 11.2 Å². The Morgan fingerprint density at radius 1 is 1.47 bits per heavy atom. The second-order valence-corrected chi connectivity index (χ2v) is 5.71. The zero-order valence-corrected chi connectivity index (χ0v) is 10.5. The highest BCUT2D eigenvalue weighted by Gasteiger charge is 2.60. The predicted molar refractivity (Wildman–Crippen MR) is 63.6 cm³/mol. The van der Waals surface area contributed by atoms with Crippen molar-refractivity contribution in [3.05, 3.63) is 11.3 Å². The minimum atomic E-state index is -0.646. The summed E-state index contributed by atoms with van der Waals surface area (Å²) in [5, 5.41) is 0. The number of carbonyl (C=O) groups excluding carboxylic acids is 2. The lowest BCUT2D eigenvalue weighted by Crippen LogP contribution is -2.45. The Hall–Kier alpha value is -1.52. The van der Waals surface area contributed by atoms with Crippen LogP contribution >= 0.6 is 0 Å². The fourth-order valence-electron chi connectivity index (χ4n) is 3.46. The molecule has 1 saturated carbocycles. The summed E-state index contributed by atoms with van der Waals surface area (Å²) in [7, 11) is 0. The highest BCUT2D eigenvalue weighted by molar-refractivity contribution is 5.79. The smallest absolute Gasteiger partial charge is 0.330 e. The number of aldehydes is 1. The van der Waals surface area contributed by atoms with E-state index in [2.05, 4.69) is 31.6 Å². The van der Waals surface area contributed by atoms with Crippen LogP contribution in [0.2, 0.25) is 0 Å². The summed E-state index contributed by atoms with van der Waals surface area (Å²) < 4.78 is 0. The van der Waals surface area contributed by atoms with Crippen LogP contribution in [0, 0.1) is 16.7 Å². The highest BCUT2D eigenvalue weighted by atomic mass is 16.2. The van der Waals surface area contributed by atoms with E-state index in [1.807, 2.05) is 0 Å². The number of nitrogens with two attached hydrogens (primary N) is 1. The number of rotatable bonds is 3. The number of hydrazine groups is 1. The molecular formula is C12H19N3O2. The van der Waals surface area contributed by atoms with E-state index in [0.717, 1.165) is 30.4 Å². The first-order valence-electron chi connectivity index (χ1n) is 5.86. The van der Waals surface area contributed by atoms with Gasteiger partial charge in [0.15, 0.2) is 0 Å². The maximum absolute atomic E-state index is 11.2. The molecule has 2 atom stereocenters. The Balaban J connectivity index is 2.37. The Kier molecular flexibility index (Phi) is 2.45. The number of allylic oxidation sites excluding steroid dienone is 2. The fraction of sp³-hybridized carbons (Fsp3) is 0.667. The van der Waals surface area contributed by atoms with Crippen LogP contribution < -0.4 is 16.6 Å². The van der Waals surface area contributed by atoms with E-state index in [9.17, 15) is 9.59 Å². The van der Waals surface area contributed by atoms with Crippen molar-refractivity contribution in [2.24, 2.45) is 22.5 Å². The number of amides is 2. The Morgan fingerprint density at radius 3 is 2.65 bits per heavy atom. The van der Waals surface area contributed by atoms with Gasteiger partial charge in [-0.05, 0) is 24.2 Å². The van der Waals surface area contributed by atoms with Crippen LogP contribution in [-0.2, 0) is 4.79 Å². The quantitative estimate of drug-likeness (QED) is 0.507. The topological polar surface area (TPSA) is 84.2 Å². The minimum absolute atomic E-state index is 0.0326. The number of urea groups is 1. The van der Waals surface area contributed by atoms with E-state index >= 15 is 0 Å². The summed E-state index contributed by atoms with van der Waals surface area (Å²) in [4.78, 5) is 22.0. The largest absolute Gasteiger partial charge is 0.350 e. The van der Waals surface area contributed by atoms with Crippen LogP contribution in [0.25, 0.3) is 0 Å². The second kappa shape index (κ2) is 3.48. The lowest BCUT2D eigenvalue weighted by Gasteiger charge is -2.37. The molecule has 2 rings (SSSR count). The molecule has 0 heterocycles. The first kappa shape index (κ1) is 12.0. The monoisotopic (exact) mass is 237 g/mol. The standard InChI is InChI=1S/C12H19N3O2/c1-11(2)8-4-5-12(11,3)9(7(8)6-16)14-15-10(13)17/h6,8,14H,4-5H2,1-3H3,(H3,13,15,17). The lowest BCUT2D eigenvalue weighted by atomic mass is 9.69. The lowest BCUT2D eigenvalue weighted by molar-refractivity contribution is -0.105. The summed E-state index contributed by atoms with van der Waals surface area (Å²) in [5.74, 6) is 0.266. The van der Waals surface area contributed by atoms with Gasteiger partial charge in [0.1, 0.15) is 6.29 Å². The molecule has 2 unspecified atom stereocenters. The Labute approximate surface area is 101 Å². The number of hydrogen-bond donors (Lipinski definition) is 3. The third kappa shape index (κ3) is 1.38. The molecular weight excluding hydrogens is 218 g/mol. The molecule has 0 aromatic rings. The summed E-state index contributed by atoms with van der Waals surface area (Å²) in [6.45, 7) is 6.48. The van der Waals surface area contributed by atoms with Crippen LogP contribution in [0.3, 0.4) is 0 Å². The molecule has 2 amide bonds. The predicted octanol–water partition coefficient (Wildman–Crippen LogP) is 1.07. The van der Waals surface area contributed by atoms with Crippen molar-refractivity contribution >= 4 is 12.3 Å². The van der Waals surface area contributed by atoms with Gasteiger partial charge >= 0.3 is 6.03 Å². The number of hydrogen-bond acceptors (Lipinski definition) is 3. The molecule has 0 radical (unpaired) electrons. The first-order chi connectivity index (χ1) is 7.84. The van der Waals surface area contributed by atoms with Gasteiger partial charge in [-0.3, -0.25) is 10.2 Å². The summed E-state index contributed by atoms with van der Waals surface area (Å²) in [5.41, 5.74) is 11.8. The third-order valence-corrected chi connectivity index (χ3v) is 4.88. The fourth-order valence-corrected chi connectivity index (χ4v) is 3.46. The van der Waals surface area contributed by atoms with Crippen LogP contribution in [-0.4, -0.2) is 12.3 Å². The molecule has 0 aromatic heterocycles. The van der Waals surface area contributed by atoms with Gasteiger partial charge in [-0.1, -0.05) is 20.8 Å². The molecule has 0 aliphatic heterocycles. The average Bonchev–Trinajstić information content (AvgIpc) is 2.56. The third-order valence-electron chi connectivity index (χ3n) is 4.88. The zero-order chi connectivity index (χ0) is 12.8. The molecule has 4 N–H and O–H groups in total. The molecule has 2 bridgehead atoms. The number of carbonyl (C=O) groups is 2. The van der Waals surface area contributed by atoms with Crippen LogP contribution in [0.5, 0.6) is 0 Å². The molecule has 2 aliphatic rings. The van der Waals surface area contributed by atoms with E-state index < -0.39 is 6.03 Å². The molecule has 5 heteroatoms. The van der Waals surface area contributed by atoms with E-state index in [0.29, 0.717) is 0 Å². The van der Waals surface area contributed by atoms with Crippen molar-refractivity contribution < 1.29 is 9.59 Å². The molecule has 0 spiro atoms. The van der Waals surface area contributed by atoms with Gasteiger partial charge in [-0.15, -0.1) is 0 Å². The second-order valence-electron chi connectivity index (χ2n) is 5.71. The number of fused-ring (bicyclic) bond motifs is 2. The van der Waals surface area contributed by atoms with Crippen LogP contribution in [0.4, 0.5) is 4.79 Å². The molecule has 1 fully saturated rings. The van der Waals surface area contributed by atoms with Crippen molar-refractivity contribution in [3.63, 3.8) is 0 Å². The molecule has 2 aliphatic carbocycles. The molecule has 5 nitrogen and oxygen atoms in total. The normalized spacial score (nSPS) is 33.7. The van der Waals surface area contributed by atoms with E-state index in [1.165, 1.54) is 0 Å². The molecule has 0 saturated heterocycles. The molecule has 94 valence electrons. The Bertz CT molecular complexity index is 414. The highest BCUT2D eigenvalue weighted by Crippen LogP contribution is 2.66. The zero-order valence-electron chi connectivity index (χ0n) is 10.5. The van der Waals surface area contributed by atoms with Gasteiger partial charge in [-0.2, -0.15) is 0 Å². The molecule has 0 aromatic carbocycles. The maximum atomic E-state index is 11.2. The van der Waals surface area contributed by atoms with Crippen LogP contribution in [0.15, 0.2) is 11.3 Å². The Morgan fingerprint density at radius 2 is 2.12 bits per heavy atom. The average molecular weight is 237 g/mol. The van der Waals surface area contributed by atoms with E-state index in [1.54, 1.807) is 0 Å². The summed E-state index contributed by atoms with van der Waals surface area (Å²) >= 11 is 0. The van der Waals surface area contributed by atoms with Crippen molar-refractivity contribution in [3.8, 4) is 0 Å².